The summed E-state index contributed by atoms with van der Waals surface area (Å²) in [5.41, 5.74) is 4.46. The van der Waals surface area contributed by atoms with E-state index >= 15 is 0 Å². The number of carbonyl (C=O) groups excluding carboxylic acids is 5. The molecule has 594 valence electrons. The number of halogens is 4. The second-order valence-corrected chi connectivity index (χ2v) is 33.1. The van der Waals surface area contributed by atoms with Gasteiger partial charge in [0.2, 0.25) is 17.6 Å². The number of nitrogens with zero attached hydrogens (tertiary/aromatic N) is 12. The van der Waals surface area contributed by atoms with E-state index in [0.717, 1.165) is 52.9 Å². The van der Waals surface area contributed by atoms with Crippen LogP contribution in [0.15, 0.2) is 89.7 Å². The summed E-state index contributed by atoms with van der Waals surface area (Å²) in [5, 5.41) is 9.44. The molecule has 9 aliphatic rings. The quantitative estimate of drug-likeness (QED) is 0.0514. The first-order valence-corrected chi connectivity index (χ1v) is 39.4. The first-order chi connectivity index (χ1) is 54.4. The van der Waals surface area contributed by atoms with Gasteiger partial charge in [-0.15, -0.1) is 46.4 Å². The fourth-order valence-electron chi connectivity index (χ4n) is 14.6. The molecule has 4 amide bonds. The monoisotopic (exact) mass is 1640 g/mol. The second kappa shape index (κ2) is 33.5. The third-order valence-corrected chi connectivity index (χ3v) is 23.8. The van der Waals surface area contributed by atoms with Crippen LogP contribution in [0.5, 0.6) is 17.6 Å². The van der Waals surface area contributed by atoms with E-state index < -0.39 is 46.6 Å². The van der Waals surface area contributed by atoms with Crippen molar-refractivity contribution in [3.8, 4) is 51.0 Å². The molecule has 114 heavy (non-hydrogen) atoms. The van der Waals surface area contributed by atoms with E-state index in [1.54, 1.807) is 53.1 Å². The first kappa shape index (κ1) is 80.1. The molecule has 6 atom stereocenters. The number of hydroxylamine groups is 2. The molecular weight excluding hydrogens is 1560 g/mol. The van der Waals surface area contributed by atoms with Crippen LogP contribution in [0, 0.1) is 72.7 Å². The summed E-state index contributed by atoms with van der Waals surface area (Å²) < 4.78 is 98.8. The number of likely N-dealkylation sites (tertiary alicyclic amines) is 2. The van der Waals surface area contributed by atoms with Crippen LogP contribution < -0.4 is 19.5 Å². The van der Waals surface area contributed by atoms with Gasteiger partial charge in [0, 0.05) is 137 Å². The van der Waals surface area contributed by atoms with Gasteiger partial charge in [-0.1, -0.05) is 41.5 Å². The van der Waals surface area contributed by atoms with Gasteiger partial charge in [-0.2, -0.15) is 0 Å². The van der Waals surface area contributed by atoms with Crippen LogP contribution in [0.2, 0.25) is 0 Å². The molecule has 35 heteroatoms. The molecule has 6 bridgehead atoms. The normalized spacial score (nSPS) is 23.2. The van der Waals surface area contributed by atoms with Gasteiger partial charge in [0.1, 0.15) is 85.6 Å². The summed E-state index contributed by atoms with van der Waals surface area (Å²) in [6, 6.07) is 13.3. The van der Waals surface area contributed by atoms with E-state index in [2.05, 4.69) is 54.6 Å². The molecule has 6 unspecified atom stereocenters. The number of rotatable bonds is 12. The summed E-state index contributed by atoms with van der Waals surface area (Å²) >= 11 is 4.23. The molecule has 7 saturated heterocycles. The predicted molar refractivity (Wildman–Crippen MR) is 414 cm³/mol. The maximum Gasteiger partial charge on any atom is 0.534 e. The highest BCUT2D eigenvalue weighted by Crippen LogP contribution is 2.46. The zero-order chi connectivity index (χ0) is 79.0. The average Bonchev–Trinajstić information content (AvgIpc) is 1.52. The van der Waals surface area contributed by atoms with Crippen LogP contribution in [0.25, 0.3) is 78.6 Å². The lowest BCUT2D eigenvalue weighted by molar-refractivity contribution is -0.179. The minimum atomic E-state index is -0.987. The van der Waals surface area contributed by atoms with Crippen molar-refractivity contribution < 1.29 is 84.6 Å². The van der Waals surface area contributed by atoms with Gasteiger partial charge in [-0.05, 0) is 78.5 Å². The number of piperidine rings is 3. The largest absolute Gasteiger partial charge is 0.534 e. The molecule has 3 aromatic carbocycles. The molecule has 7 aliphatic heterocycles. The van der Waals surface area contributed by atoms with Gasteiger partial charge in [0.15, 0.2) is 17.1 Å². The standard InChI is InChI=1S/C25H23FN4O4S.C25H25FN4O4S.C20H17FN4O2S.C9H11NO5.ClH/c1-25(5-6-25)34-24(31)30-8-14-10-32-11-15(9-30)21(14)33-23-22-20(28-13-29-23)18(12-35-22)17-4-3-16(27-2)7-19(17)26;1-25(2,3)34-24(31)30-8-14-10-32-11-15(9-30)21(14)33-23-22-20(28-13-29-23)18(12-35-22)17-6-5-16(27-4)7-19(17)26;1-22-13-2-3-14(16(21)4-13)15-9-28-19-17(15)24-10-25-20(19)27-18-11-5-23-6-12(18)8-26-7-11;1-9(4-5-9)14-8(13)15-10-6(11)2-3-7(10)12;/h3-4,7,12-15,21H,5-6,8-11H2,1H3;5-7,12-15,21H,8-11H2,1-3H3;2-4,9-12,18,23H,5-8H2;2-5H2,1H3;1H. The molecule has 0 spiro atoms. The highest BCUT2D eigenvalue weighted by molar-refractivity contribution is 7.18. The number of ether oxygens (including phenoxy) is 9. The maximum absolute atomic E-state index is 14.7. The molecule has 18 rings (SSSR count). The molecule has 9 fully saturated rings. The highest BCUT2D eigenvalue weighted by atomic mass is 35.5. The van der Waals surface area contributed by atoms with Gasteiger partial charge in [-0.3, -0.25) is 14.4 Å². The Bertz CT molecular complexity index is 5060. The van der Waals surface area contributed by atoms with Crippen molar-refractivity contribution in [2.24, 2.45) is 35.5 Å². The number of carbonyl (C=O) groups is 5. The molecule has 28 nitrogen and oxygen atoms in total. The molecule has 1 N–H and O–H groups in total. The zero-order valence-electron chi connectivity index (χ0n) is 62.3. The number of fused-ring (bicyclic) bond motifs is 9. The summed E-state index contributed by atoms with van der Waals surface area (Å²) in [7, 11) is 0. The van der Waals surface area contributed by atoms with Crippen LogP contribution in [-0.4, -0.2) is 189 Å². The van der Waals surface area contributed by atoms with Gasteiger partial charge < -0.3 is 57.7 Å². The summed E-state index contributed by atoms with van der Waals surface area (Å²) in [5.74, 6) is -0.438. The van der Waals surface area contributed by atoms with Crippen molar-refractivity contribution >= 4 is 124 Å². The lowest BCUT2D eigenvalue weighted by Gasteiger charge is -2.46. The minimum Gasteiger partial charge on any atom is -0.472 e. The zero-order valence-corrected chi connectivity index (χ0v) is 65.6. The Hall–Kier alpha value is -10.5. The number of aromatic nitrogens is 6. The lowest BCUT2D eigenvalue weighted by atomic mass is 9.84. The Balaban J connectivity index is 0.000000130. The molecule has 0 radical (unpaired) electrons. The van der Waals surface area contributed by atoms with Crippen LogP contribution in [0.1, 0.15) is 73.1 Å². The van der Waals surface area contributed by atoms with Crippen molar-refractivity contribution in [1.29, 1.82) is 0 Å². The fraction of sp³-hybridized carbons (Fsp3) is 0.443. The number of benzene rings is 3. The summed E-state index contributed by atoms with van der Waals surface area (Å²) in [6.45, 7) is 37.4. The number of thiophene rings is 3. The van der Waals surface area contributed by atoms with Crippen molar-refractivity contribution in [3.05, 3.63) is 141 Å². The Morgan fingerprint density at radius 3 is 1.19 bits per heavy atom. The minimum absolute atomic E-state index is 0. The van der Waals surface area contributed by atoms with E-state index in [1.807, 2.05) is 43.8 Å². The lowest BCUT2D eigenvalue weighted by Crippen LogP contribution is -2.59. The Labute approximate surface area is 670 Å². The van der Waals surface area contributed by atoms with E-state index in [4.69, 9.17) is 62.3 Å². The maximum atomic E-state index is 14.7. The van der Waals surface area contributed by atoms with Crippen LogP contribution in [0.4, 0.5) is 44.6 Å². The van der Waals surface area contributed by atoms with E-state index in [-0.39, 0.29) is 114 Å². The van der Waals surface area contributed by atoms with Crippen molar-refractivity contribution in [3.63, 3.8) is 0 Å². The molecule has 13 heterocycles. The van der Waals surface area contributed by atoms with E-state index in [9.17, 15) is 37.1 Å². The van der Waals surface area contributed by atoms with Gasteiger partial charge in [0.05, 0.1) is 75.9 Å². The van der Waals surface area contributed by atoms with Crippen LogP contribution in [-0.2, 0) is 42.8 Å². The van der Waals surface area contributed by atoms with Crippen LogP contribution in [0.3, 0.4) is 0 Å². The molecule has 6 aromatic heterocycles. The number of nitrogens with one attached hydrogen (secondary N) is 1. The van der Waals surface area contributed by atoms with Gasteiger partial charge in [0.25, 0.3) is 11.8 Å². The Kier molecular flexibility index (Phi) is 23.6. The Morgan fingerprint density at radius 1 is 0.509 bits per heavy atom. The summed E-state index contributed by atoms with van der Waals surface area (Å²) in [4.78, 5) is 103. The first-order valence-electron chi connectivity index (χ1n) is 36.8. The highest BCUT2D eigenvalue weighted by Gasteiger charge is 2.50. The summed E-state index contributed by atoms with van der Waals surface area (Å²) in [6.07, 6.45) is 5.99. The van der Waals surface area contributed by atoms with Crippen molar-refractivity contribution in [2.75, 3.05) is 78.9 Å². The fourth-order valence-corrected chi connectivity index (χ4v) is 17.5. The number of hydrogen-bond donors (Lipinski definition) is 1. The van der Waals surface area contributed by atoms with Gasteiger partial charge >= 0.3 is 18.3 Å². The van der Waals surface area contributed by atoms with Crippen LogP contribution >= 0.6 is 46.4 Å². The average molecular weight is 1640 g/mol. The molecular formula is C79H77ClF3N13O15S3. The SMILES string of the molecule is CC1(OC(=O)ON2C(=O)CCC2=O)CC1.Cl.[C-]#[N+]c1ccc(-c2csc3c(OC4C5CNCC4COC5)ncnc23)c(F)c1.[C-]#[N+]c1ccc(-c2csc3c(OC4C5COCC4CN(C(=O)OC(C)(C)C)C5)ncnc23)c(F)c1.[C-]#[N+]c1ccc(-c2csc3c(OC4C5COCC4CN(C(=O)OC4(C)CC4)C5)ncnc23)c(F)c1. The number of amides is 4. The number of imide groups is 1. The Morgan fingerprint density at radius 2 is 0.851 bits per heavy atom. The molecule has 9 aromatic rings. The smallest absolute Gasteiger partial charge is 0.472 e. The topological polar surface area (TPSA) is 290 Å². The van der Waals surface area contributed by atoms with E-state index in [0.29, 0.717) is 138 Å². The third kappa shape index (κ3) is 17.6. The predicted octanol–water partition coefficient (Wildman–Crippen LogP) is 15.2. The number of hydrogen-bond acceptors (Lipinski definition) is 25. The second-order valence-electron chi connectivity index (χ2n) is 30.5. The van der Waals surface area contributed by atoms with Gasteiger partial charge in [-0.25, -0.2) is 72.0 Å². The van der Waals surface area contributed by atoms with Crippen molar-refractivity contribution in [1.82, 2.24) is 50.1 Å². The molecule has 2 aliphatic carbocycles. The van der Waals surface area contributed by atoms with Crippen molar-refractivity contribution in [2.45, 2.75) is 108 Å². The third-order valence-electron chi connectivity index (χ3n) is 20.9. The molecule has 2 saturated carbocycles. The van der Waals surface area contributed by atoms with E-state index in [1.165, 1.54) is 71.2 Å².